The summed E-state index contributed by atoms with van der Waals surface area (Å²) in [6.45, 7) is 0.167. The molecule has 0 aliphatic rings. The number of rotatable bonds is 4. The highest BCUT2D eigenvalue weighted by Crippen LogP contribution is 2.26. The molecule has 0 heterocycles. The van der Waals surface area contributed by atoms with Crippen molar-refractivity contribution >= 4 is 61.5 Å². The fraction of sp³-hybridized carbons (Fsp3) is 0.0769. The van der Waals surface area contributed by atoms with Gasteiger partial charge in [-0.2, -0.15) is 0 Å². The van der Waals surface area contributed by atoms with E-state index in [1.54, 1.807) is 18.2 Å². The summed E-state index contributed by atoms with van der Waals surface area (Å²) in [5.41, 5.74) is 6.58. The minimum Gasteiger partial charge on any atom is -0.326 e. The van der Waals surface area contributed by atoms with Gasteiger partial charge in [0.25, 0.3) is 10.0 Å². The van der Waals surface area contributed by atoms with Gasteiger partial charge in [-0.3, -0.25) is 4.72 Å². The van der Waals surface area contributed by atoms with Crippen LogP contribution >= 0.6 is 45.8 Å². The van der Waals surface area contributed by atoms with E-state index in [-0.39, 0.29) is 11.4 Å². The maximum absolute atomic E-state index is 12.4. The maximum atomic E-state index is 12.4. The highest BCUT2D eigenvalue weighted by molar-refractivity contribution is 14.1. The van der Waals surface area contributed by atoms with E-state index in [2.05, 4.69) is 4.72 Å². The third-order valence-corrected chi connectivity index (χ3v) is 5.58. The molecule has 2 rings (SSSR count). The lowest BCUT2D eigenvalue weighted by atomic mass is 10.2. The predicted octanol–water partition coefficient (Wildman–Crippen LogP) is 3.86. The summed E-state index contributed by atoms with van der Waals surface area (Å²) in [7, 11) is -3.71. The second kappa shape index (κ2) is 6.70. The van der Waals surface area contributed by atoms with E-state index in [9.17, 15) is 8.42 Å². The lowest BCUT2D eigenvalue weighted by Gasteiger charge is -2.11. The first-order valence-electron chi connectivity index (χ1n) is 5.80. The molecule has 0 bridgehead atoms. The normalized spacial score (nSPS) is 11.4. The first-order valence-corrected chi connectivity index (χ1v) is 9.11. The molecular weight excluding hydrogens is 446 g/mol. The van der Waals surface area contributed by atoms with Gasteiger partial charge in [-0.15, -0.1) is 0 Å². The molecule has 112 valence electrons. The zero-order chi connectivity index (χ0) is 15.6. The van der Waals surface area contributed by atoms with Crippen LogP contribution in [0.15, 0.2) is 41.3 Å². The number of sulfonamides is 1. The number of nitrogens with two attached hydrogens (primary N) is 1. The van der Waals surface area contributed by atoms with Crippen LogP contribution in [-0.4, -0.2) is 8.42 Å². The van der Waals surface area contributed by atoms with E-state index in [4.69, 9.17) is 28.9 Å². The number of anilines is 1. The van der Waals surface area contributed by atoms with E-state index >= 15 is 0 Å². The fourth-order valence-electron chi connectivity index (χ4n) is 1.65. The zero-order valence-corrected chi connectivity index (χ0v) is 15.1. The second-order valence-corrected chi connectivity index (χ2v) is 7.88. The van der Waals surface area contributed by atoms with E-state index in [1.165, 1.54) is 18.2 Å². The van der Waals surface area contributed by atoms with Gasteiger partial charge < -0.3 is 5.73 Å². The lowest BCUT2D eigenvalue weighted by molar-refractivity contribution is 0.601. The molecule has 0 spiro atoms. The number of hydrogen-bond donors (Lipinski definition) is 2. The Labute approximate surface area is 146 Å². The smallest absolute Gasteiger partial charge is 0.261 e. The van der Waals surface area contributed by atoms with Crippen LogP contribution in [0.3, 0.4) is 0 Å². The molecule has 0 amide bonds. The molecule has 0 unspecified atom stereocenters. The van der Waals surface area contributed by atoms with Crippen LogP contribution in [0.25, 0.3) is 0 Å². The molecular formula is C13H11Cl2IN2O2S. The molecule has 8 heteroatoms. The highest BCUT2D eigenvalue weighted by atomic mass is 127. The molecule has 0 radical (unpaired) electrons. The SMILES string of the molecule is NCc1cc(S(=O)(=O)Nc2ccc(Cl)cc2I)ccc1Cl. The van der Waals surface area contributed by atoms with Gasteiger partial charge in [-0.1, -0.05) is 23.2 Å². The van der Waals surface area contributed by atoms with Gasteiger partial charge in [-0.25, -0.2) is 8.42 Å². The summed E-state index contributed by atoms with van der Waals surface area (Å²) in [5.74, 6) is 0. The Morgan fingerprint density at radius 3 is 2.48 bits per heavy atom. The maximum Gasteiger partial charge on any atom is 0.261 e. The van der Waals surface area contributed by atoms with Gasteiger partial charge in [-0.05, 0) is 64.6 Å². The molecule has 2 aromatic rings. The summed E-state index contributed by atoms with van der Waals surface area (Å²) < 4.78 is 28.0. The highest BCUT2D eigenvalue weighted by Gasteiger charge is 2.17. The largest absolute Gasteiger partial charge is 0.326 e. The van der Waals surface area contributed by atoms with Crippen molar-refractivity contribution in [1.29, 1.82) is 0 Å². The molecule has 0 aliphatic carbocycles. The topological polar surface area (TPSA) is 72.2 Å². The van der Waals surface area contributed by atoms with Crippen molar-refractivity contribution < 1.29 is 8.42 Å². The number of halogens is 3. The van der Waals surface area contributed by atoms with Crippen molar-refractivity contribution in [3.63, 3.8) is 0 Å². The van der Waals surface area contributed by atoms with Gasteiger partial charge in [0.05, 0.1) is 10.6 Å². The Morgan fingerprint density at radius 2 is 1.86 bits per heavy atom. The second-order valence-electron chi connectivity index (χ2n) is 4.19. The standard InChI is InChI=1S/C13H11Cl2IN2O2S/c14-9-1-4-13(12(16)6-9)18-21(19,20)10-2-3-11(15)8(5-10)7-17/h1-6,18H,7,17H2. The molecule has 4 nitrogen and oxygen atoms in total. The van der Waals surface area contributed by atoms with E-state index < -0.39 is 10.0 Å². The minimum atomic E-state index is -3.71. The van der Waals surface area contributed by atoms with Gasteiger partial charge in [0.15, 0.2) is 0 Å². The van der Waals surface area contributed by atoms with Gasteiger partial charge in [0.2, 0.25) is 0 Å². The molecule has 0 saturated carbocycles. The van der Waals surface area contributed by atoms with E-state index in [0.717, 1.165) is 0 Å². The number of benzene rings is 2. The Kier molecular flexibility index (Phi) is 5.37. The lowest BCUT2D eigenvalue weighted by Crippen LogP contribution is -2.14. The first kappa shape index (κ1) is 16.8. The van der Waals surface area contributed by atoms with Crippen LogP contribution in [0.2, 0.25) is 10.0 Å². The van der Waals surface area contributed by atoms with Crippen molar-refractivity contribution in [2.45, 2.75) is 11.4 Å². The predicted molar refractivity (Wildman–Crippen MR) is 94.3 cm³/mol. The van der Waals surface area contributed by atoms with Crippen LogP contribution in [0.4, 0.5) is 5.69 Å². The zero-order valence-electron chi connectivity index (χ0n) is 10.6. The van der Waals surface area contributed by atoms with Gasteiger partial charge in [0, 0.05) is 20.2 Å². The fourth-order valence-corrected chi connectivity index (χ4v) is 4.16. The number of hydrogen-bond acceptors (Lipinski definition) is 3. The molecule has 0 atom stereocenters. The Morgan fingerprint density at radius 1 is 1.14 bits per heavy atom. The number of nitrogens with one attached hydrogen (secondary N) is 1. The summed E-state index contributed by atoms with van der Waals surface area (Å²) in [6, 6.07) is 9.33. The van der Waals surface area contributed by atoms with Crippen LogP contribution < -0.4 is 10.5 Å². The molecule has 0 aromatic heterocycles. The molecule has 0 saturated heterocycles. The summed E-state index contributed by atoms with van der Waals surface area (Å²) >= 11 is 13.8. The molecule has 21 heavy (non-hydrogen) atoms. The summed E-state index contributed by atoms with van der Waals surface area (Å²) in [6.07, 6.45) is 0. The van der Waals surface area contributed by atoms with Crippen molar-refractivity contribution in [1.82, 2.24) is 0 Å². The quantitative estimate of drug-likeness (QED) is 0.686. The Balaban J connectivity index is 2.38. The third kappa shape index (κ3) is 4.01. The third-order valence-electron chi connectivity index (χ3n) is 2.72. The molecule has 0 fully saturated rings. The summed E-state index contributed by atoms with van der Waals surface area (Å²) in [5, 5.41) is 0.983. The van der Waals surface area contributed by atoms with Crippen LogP contribution in [0.1, 0.15) is 5.56 Å². The molecule has 2 aromatic carbocycles. The summed E-state index contributed by atoms with van der Waals surface area (Å²) in [4.78, 5) is 0.109. The van der Waals surface area contributed by atoms with E-state index in [0.29, 0.717) is 24.9 Å². The van der Waals surface area contributed by atoms with Gasteiger partial charge in [0.1, 0.15) is 0 Å². The monoisotopic (exact) mass is 456 g/mol. The van der Waals surface area contributed by atoms with Crippen LogP contribution in [0.5, 0.6) is 0 Å². The Bertz CT molecular complexity index is 782. The minimum absolute atomic E-state index is 0.109. The van der Waals surface area contributed by atoms with Crippen molar-refractivity contribution in [3.05, 3.63) is 55.6 Å². The average molecular weight is 457 g/mol. The molecule has 0 aliphatic heterocycles. The van der Waals surface area contributed by atoms with Crippen molar-refractivity contribution in [3.8, 4) is 0 Å². The van der Waals surface area contributed by atoms with Crippen LogP contribution in [-0.2, 0) is 16.6 Å². The average Bonchev–Trinajstić information content (AvgIpc) is 2.42. The van der Waals surface area contributed by atoms with Crippen molar-refractivity contribution in [2.24, 2.45) is 5.73 Å². The van der Waals surface area contributed by atoms with Gasteiger partial charge >= 0.3 is 0 Å². The Hall–Kier alpha value is -0.540. The van der Waals surface area contributed by atoms with E-state index in [1.807, 2.05) is 22.6 Å². The molecule has 3 N–H and O–H groups in total. The first-order chi connectivity index (χ1) is 9.83. The van der Waals surface area contributed by atoms with Crippen molar-refractivity contribution in [2.75, 3.05) is 4.72 Å². The van der Waals surface area contributed by atoms with Crippen LogP contribution in [0, 0.1) is 3.57 Å².